The van der Waals surface area contributed by atoms with Crippen molar-refractivity contribution in [3.63, 3.8) is 0 Å². The maximum Gasteiger partial charge on any atom is 0.274 e. The molecule has 0 atom stereocenters. The van der Waals surface area contributed by atoms with Crippen molar-refractivity contribution < 1.29 is 9.53 Å². The van der Waals surface area contributed by atoms with E-state index in [0.717, 1.165) is 25.1 Å². The van der Waals surface area contributed by atoms with Crippen LogP contribution in [0.4, 0.5) is 11.5 Å². The first-order valence-corrected chi connectivity index (χ1v) is 7.83. The predicted molar refractivity (Wildman–Crippen MR) is 91.0 cm³/mol. The van der Waals surface area contributed by atoms with Crippen molar-refractivity contribution in [3.05, 3.63) is 42.4 Å². The molecule has 0 aliphatic heterocycles. The average Bonchev–Trinajstić information content (AvgIpc) is 2.57. The van der Waals surface area contributed by atoms with E-state index in [-0.39, 0.29) is 5.91 Å². The number of unbranched alkanes of at least 4 members (excludes halogenated alkanes) is 1. The molecule has 23 heavy (non-hydrogen) atoms. The molecule has 0 unspecified atom stereocenters. The molecular weight excluding hydrogens is 292 g/mol. The SMILES string of the molecule is CCCCNc1cc(C(=O)Nc2ccc(OCC)cc2)ncn1. The molecule has 1 aromatic heterocycles. The van der Waals surface area contributed by atoms with Crippen molar-refractivity contribution in [3.8, 4) is 5.75 Å². The first-order chi connectivity index (χ1) is 11.2. The van der Waals surface area contributed by atoms with E-state index < -0.39 is 0 Å². The van der Waals surface area contributed by atoms with Crippen LogP contribution in [0.1, 0.15) is 37.2 Å². The second kappa shape index (κ2) is 8.73. The van der Waals surface area contributed by atoms with Crippen molar-refractivity contribution in [2.24, 2.45) is 0 Å². The summed E-state index contributed by atoms with van der Waals surface area (Å²) in [6.45, 7) is 5.49. The van der Waals surface area contributed by atoms with Crippen LogP contribution in [0.3, 0.4) is 0 Å². The minimum atomic E-state index is -0.268. The van der Waals surface area contributed by atoms with Crippen LogP contribution in [0.5, 0.6) is 5.75 Å². The first-order valence-electron chi connectivity index (χ1n) is 7.83. The molecule has 1 aromatic carbocycles. The summed E-state index contributed by atoms with van der Waals surface area (Å²) in [5, 5.41) is 5.99. The molecule has 1 amide bonds. The third-order valence-corrected chi connectivity index (χ3v) is 3.16. The third kappa shape index (κ3) is 5.25. The van der Waals surface area contributed by atoms with E-state index in [2.05, 4.69) is 27.5 Å². The number of nitrogens with zero attached hydrogens (tertiary/aromatic N) is 2. The zero-order valence-corrected chi connectivity index (χ0v) is 13.5. The van der Waals surface area contributed by atoms with Gasteiger partial charge in [-0.15, -0.1) is 0 Å². The number of nitrogens with one attached hydrogen (secondary N) is 2. The Morgan fingerprint density at radius 2 is 1.96 bits per heavy atom. The van der Waals surface area contributed by atoms with Crippen molar-refractivity contribution in [1.82, 2.24) is 9.97 Å². The van der Waals surface area contributed by atoms with Gasteiger partial charge < -0.3 is 15.4 Å². The van der Waals surface area contributed by atoms with Crippen LogP contribution in [-0.2, 0) is 0 Å². The summed E-state index contributed by atoms with van der Waals surface area (Å²) in [5.41, 5.74) is 1.02. The molecule has 122 valence electrons. The summed E-state index contributed by atoms with van der Waals surface area (Å²) in [5.74, 6) is 1.16. The highest BCUT2D eigenvalue weighted by molar-refractivity contribution is 6.03. The molecule has 2 N–H and O–H groups in total. The standard InChI is InChI=1S/C17H22N4O2/c1-3-5-10-18-16-11-15(19-12-20-16)17(22)21-13-6-8-14(9-7-13)23-4-2/h6-9,11-12H,3-5,10H2,1-2H3,(H,21,22)(H,18,19,20). The minimum absolute atomic E-state index is 0.268. The molecule has 6 nitrogen and oxygen atoms in total. The van der Waals surface area contributed by atoms with Crippen molar-refractivity contribution in [2.45, 2.75) is 26.7 Å². The lowest BCUT2D eigenvalue weighted by molar-refractivity contribution is 0.102. The van der Waals surface area contributed by atoms with Gasteiger partial charge >= 0.3 is 0 Å². The normalized spacial score (nSPS) is 10.2. The third-order valence-electron chi connectivity index (χ3n) is 3.16. The average molecular weight is 314 g/mol. The highest BCUT2D eigenvalue weighted by Gasteiger charge is 2.09. The number of aromatic nitrogens is 2. The van der Waals surface area contributed by atoms with Crippen LogP contribution in [0.15, 0.2) is 36.7 Å². The van der Waals surface area contributed by atoms with E-state index in [9.17, 15) is 4.79 Å². The zero-order valence-electron chi connectivity index (χ0n) is 13.5. The van der Waals surface area contributed by atoms with Gasteiger partial charge in [0.2, 0.25) is 0 Å². The fraction of sp³-hybridized carbons (Fsp3) is 0.353. The van der Waals surface area contributed by atoms with E-state index in [1.807, 2.05) is 19.1 Å². The number of rotatable bonds is 8. The molecule has 0 bridgehead atoms. The van der Waals surface area contributed by atoms with Crippen molar-refractivity contribution in [2.75, 3.05) is 23.8 Å². The van der Waals surface area contributed by atoms with Gasteiger partial charge in [0, 0.05) is 18.3 Å². The number of amides is 1. The summed E-state index contributed by atoms with van der Waals surface area (Å²) in [7, 11) is 0. The van der Waals surface area contributed by atoms with Gasteiger partial charge in [-0.05, 0) is 37.6 Å². The van der Waals surface area contributed by atoms with Crippen LogP contribution < -0.4 is 15.4 Å². The van der Waals surface area contributed by atoms with E-state index >= 15 is 0 Å². The summed E-state index contributed by atoms with van der Waals surface area (Å²) >= 11 is 0. The number of benzene rings is 1. The van der Waals surface area contributed by atoms with Gasteiger partial charge in [0.15, 0.2) is 0 Å². The van der Waals surface area contributed by atoms with E-state index in [1.165, 1.54) is 6.33 Å². The molecule has 6 heteroatoms. The molecule has 0 saturated heterocycles. The second-order valence-electron chi connectivity index (χ2n) is 4.98. The van der Waals surface area contributed by atoms with Gasteiger partial charge in [-0.3, -0.25) is 4.79 Å². The number of hydrogen-bond donors (Lipinski definition) is 2. The highest BCUT2D eigenvalue weighted by atomic mass is 16.5. The van der Waals surface area contributed by atoms with Crippen LogP contribution >= 0.6 is 0 Å². The molecule has 0 spiro atoms. The largest absolute Gasteiger partial charge is 0.494 e. The molecule has 0 saturated carbocycles. The topological polar surface area (TPSA) is 76.1 Å². The van der Waals surface area contributed by atoms with Gasteiger partial charge in [-0.1, -0.05) is 13.3 Å². The Labute approximate surface area is 136 Å². The first kappa shape index (κ1) is 16.7. The Morgan fingerprint density at radius 3 is 2.65 bits per heavy atom. The van der Waals surface area contributed by atoms with Gasteiger partial charge in [0.1, 0.15) is 23.6 Å². The van der Waals surface area contributed by atoms with Crippen LogP contribution in [0.2, 0.25) is 0 Å². The van der Waals surface area contributed by atoms with Gasteiger partial charge in [-0.25, -0.2) is 9.97 Å². The van der Waals surface area contributed by atoms with Crippen LogP contribution in [0.25, 0.3) is 0 Å². The van der Waals surface area contributed by atoms with Crippen LogP contribution in [-0.4, -0.2) is 29.0 Å². The lowest BCUT2D eigenvalue weighted by Crippen LogP contribution is -2.15. The van der Waals surface area contributed by atoms with E-state index in [4.69, 9.17) is 4.74 Å². The Morgan fingerprint density at radius 1 is 1.17 bits per heavy atom. The number of ether oxygens (including phenoxy) is 1. The van der Waals surface area contributed by atoms with Gasteiger partial charge in [0.05, 0.1) is 6.61 Å². The summed E-state index contributed by atoms with van der Waals surface area (Å²) in [6.07, 6.45) is 3.54. The molecule has 0 radical (unpaired) electrons. The number of hydrogen-bond acceptors (Lipinski definition) is 5. The number of carbonyl (C=O) groups excluding carboxylic acids is 1. The van der Waals surface area contributed by atoms with E-state index in [0.29, 0.717) is 23.8 Å². The number of anilines is 2. The molecular formula is C17H22N4O2. The van der Waals surface area contributed by atoms with Gasteiger partial charge in [-0.2, -0.15) is 0 Å². The fourth-order valence-corrected chi connectivity index (χ4v) is 1.97. The smallest absolute Gasteiger partial charge is 0.274 e. The molecule has 0 aliphatic rings. The Balaban J connectivity index is 1.98. The molecule has 1 heterocycles. The Bertz CT molecular complexity index is 629. The molecule has 0 aliphatic carbocycles. The lowest BCUT2D eigenvalue weighted by atomic mass is 10.3. The highest BCUT2D eigenvalue weighted by Crippen LogP contribution is 2.16. The lowest BCUT2D eigenvalue weighted by Gasteiger charge is -2.08. The van der Waals surface area contributed by atoms with Crippen molar-refractivity contribution >= 4 is 17.4 Å². The molecule has 0 fully saturated rings. The van der Waals surface area contributed by atoms with Crippen LogP contribution in [0, 0.1) is 0 Å². The fourth-order valence-electron chi connectivity index (χ4n) is 1.97. The second-order valence-corrected chi connectivity index (χ2v) is 4.98. The quantitative estimate of drug-likeness (QED) is 0.731. The summed E-state index contributed by atoms with van der Waals surface area (Å²) < 4.78 is 5.37. The summed E-state index contributed by atoms with van der Waals surface area (Å²) in [6, 6.07) is 8.88. The molecule has 2 aromatic rings. The van der Waals surface area contributed by atoms with E-state index in [1.54, 1.807) is 18.2 Å². The number of carbonyl (C=O) groups is 1. The van der Waals surface area contributed by atoms with Gasteiger partial charge in [0.25, 0.3) is 5.91 Å². The predicted octanol–water partition coefficient (Wildman–Crippen LogP) is 3.34. The molecule has 2 rings (SSSR count). The maximum atomic E-state index is 12.2. The Hall–Kier alpha value is -2.63. The Kier molecular flexibility index (Phi) is 6.35. The van der Waals surface area contributed by atoms with Crippen molar-refractivity contribution in [1.29, 1.82) is 0 Å². The zero-order chi connectivity index (χ0) is 16.5. The maximum absolute atomic E-state index is 12.2. The summed E-state index contributed by atoms with van der Waals surface area (Å²) in [4.78, 5) is 20.4. The monoisotopic (exact) mass is 314 g/mol. The minimum Gasteiger partial charge on any atom is -0.494 e.